The van der Waals surface area contributed by atoms with E-state index >= 15 is 0 Å². The highest BCUT2D eigenvalue weighted by atomic mass is 32.1. The molecule has 2 heteroatoms. The summed E-state index contributed by atoms with van der Waals surface area (Å²) < 4.78 is 0. The molecular formula is C10H11NS. The maximum Gasteiger partial charge on any atom is 0.0256 e. The molecule has 62 valence electrons. The van der Waals surface area contributed by atoms with E-state index in [1.165, 1.54) is 0 Å². The third-order valence-corrected chi connectivity index (χ3v) is 1.63. The normalized spacial score (nSPS) is 8.83. The van der Waals surface area contributed by atoms with Crippen LogP contribution in [0.5, 0.6) is 0 Å². The van der Waals surface area contributed by atoms with Gasteiger partial charge >= 0.3 is 0 Å². The summed E-state index contributed by atoms with van der Waals surface area (Å²) >= 11 is 4.21. The van der Waals surface area contributed by atoms with E-state index in [4.69, 9.17) is 5.73 Å². The molecule has 0 spiro atoms. The highest BCUT2D eigenvalue weighted by Gasteiger charge is 1.86. The lowest BCUT2D eigenvalue weighted by Crippen LogP contribution is -1.95. The van der Waals surface area contributed by atoms with Crippen molar-refractivity contribution in [1.82, 2.24) is 0 Å². The topological polar surface area (TPSA) is 26.0 Å². The smallest absolute Gasteiger partial charge is 0.0256 e. The molecule has 0 aliphatic heterocycles. The Morgan fingerprint density at radius 2 is 2.25 bits per heavy atom. The molecule has 0 aliphatic rings. The van der Waals surface area contributed by atoms with E-state index in [-0.39, 0.29) is 0 Å². The zero-order chi connectivity index (χ0) is 8.81. The summed E-state index contributed by atoms with van der Waals surface area (Å²) in [6.07, 6.45) is 0.747. The van der Waals surface area contributed by atoms with Crippen LogP contribution in [0.25, 0.3) is 0 Å². The van der Waals surface area contributed by atoms with E-state index < -0.39 is 0 Å². The second-order valence-corrected chi connectivity index (χ2v) is 2.91. The number of hydrogen-bond acceptors (Lipinski definition) is 2. The van der Waals surface area contributed by atoms with Gasteiger partial charge in [0.2, 0.25) is 0 Å². The lowest BCUT2D eigenvalue weighted by molar-refractivity contribution is 1.03. The highest BCUT2D eigenvalue weighted by Crippen LogP contribution is 2.07. The van der Waals surface area contributed by atoms with Gasteiger partial charge in [-0.3, -0.25) is 0 Å². The maximum atomic E-state index is 5.30. The maximum absolute atomic E-state index is 5.30. The number of hydrogen-bond donors (Lipinski definition) is 2. The van der Waals surface area contributed by atoms with Crippen LogP contribution < -0.4 is 5.73 Å². The lowest BCUT2D eigenvalue weighted by Gasteiger charge is -1.90. The van der Waals surface area contributed by atoms with Gasteiger partial charge < -0.3 is 5.73 Å². The van der Waals surface area contributed by atoms with E-state index in [2.05, 4.69) is 24.5 Å². The van der Waals surface area contributed by atoms with Crippen LogP contribution in [-0.4, -0.2) is 6.54 Å². The molecule has 1 aromatic rings. The molecule has 0 amide bonds. The van der Waals surface area contributed by atoms with Gasteiger partial charge in [0.05, 0.1) is 0 Å². The molecule has 0 saturated heterocycles. The van der Waals surface area contributed by atoms with Crippen molar-refractivity contribution in [3.05, 3.63) is 29.8 Å². The van der Waals surface area contributed by atoms with Crippen molar-refractivity contribution in [3.8, 4) is 11.8 Å². The molecule has 0 aliphatic carbocycles. The van der Waals surface area contributed by atoms with Gasteiger partial charge in [-0.05, 0) is 18.2 Å². The quantitative estimate of drug-likeness (QED) is 0.495. The first-order chi connectivity index (χ1) is 5.83. The predicted molar refractivity (Wildman–Crippen MR) is 54.2 cm³/mol. The molecule has 0 saturated carbocycles. The first-order valence-electron chi connectivity index (χ1n) is 3.81. The molecule has 0 fully saturated rings. The Bertz CT molecular complexity index is 309. The monoisotopic (exact) mass is 177 g/mol. The van der Waals surface area contributed by atoms with Gasteiger partial charge in [-0.25, -0.2) is 0 Å². The Morgan fingerprint density at radius 3 is 2.92 bits per heavy atom. The average Bonchev–Trinajstić information content (AvgIpc) is 2.05. The van der Waals surface area contributed by atoms with Crippen molar-refractivity contribution in [1.29, 1.82) is 0 Å². The Morgan fingerprint density at radius 1 is 1.42 bits per heavy atom. The van der Waals surface area contributed by atoms with E-state index in [9.17, 15) is 0 Å². The van der Waals surface area contributed by atoms with Crippen molar-refractivity contribution < 1.29 is 0 Å². The van der Waals surface area contributed by atoms with Gasteiger partial charge in [0.1, 0.15) is 0 Å². The van der Waals surface area contributed by atoms with Crippen molar-refractivity contribution in [2.24, 2.45) is 5.73 Å². The van der Waals surface area contributed by atoms with Crippen molar-refractivity contribution in [2.45, 2.75) is 11.3 Å². The largest absolute Gasteiger partial charge is 0.330 e. The number of thiol groups is 1. The van der Waals surface area contributed by atoms with Gasteiger partial charge in [-0.1, -0.05) is 17.9 Å². The molecule has 0 aromatic heterocycles. The van der Waals surface area contributed by atoms with Gasteiger partial charge in [0.25, 0.3) is 0 Å². The summed E-state index contributed by atoms with van der Waals surface area (Å²) in [5, 5.41) is 0. The van der Waals surface area contributed by atoms with Crippen LogP contribution >= 0.6 is 12.6 Å². The Balaban J connectivity index is 2.71. The van der Waals surface area contributed by atoms with Crippen LogP contribution in [0.3, 0.4) is 0 Å². The highest BCUT2D eigenvalue weighted by molar-refractivity contribution is 7.80. The van der Waals surface area contributed by atoms with E-state index in [1.54, 1.807) is 0 Å². The molecule has 0 bridgehead atoms. The first kappa shape index (κ1) is 9.18. The van der Waals surface area contributed by atoms with Crippen LogP contribution in [0.15, 0.2) is 29.2 Å². The zero-order valence-electron chi connectivity index (χ0n) is 6.75. The minimum Gasteiger partial charge on any atom is -0.330 e. The van der Waals surface area contributed by atoms with Gasteiger partial charge in [0, 0.05) is 23.4 Å². The molecule has 0 atom stereocenters. The third kappa shape index (κ3) is 3.00. The Labute approximate surface area is 78.4 Å². The van der Waals surface area contributed by atoms with Gasteiger partial charge in [-0.15, -0.1) is 12.6 Å². The van der Waals surface area contributed by atoms with Crippen molar-refractivity contribution >= 4 is 12.6 Å². The molecule has 0 unspecified atom stereocenters. The van der Waals surface area contributed by atoms with E-state index in [1.807, 2.05) is 24.3 Å². The Kier molecular flexibility index (Phi) is 3.72. The summed E-state index contributed by atoms with van der Waals surface area (Å²) in [6.45, 7) is 0.619. The second-order valence-electron chi connectivity index (χ2n) is 2.39. The van der Waals surface area contributed by atoms with Crippen LogP contribution in [0.1, 0.15) is 12.0 Å². The SMILES string of the molecule is NCCC#Cc1cccc(S)c1. The second kappa shape index (κ2) is 4.87. The molecule has 2 N–H and O–H groups in total. The van der Waals surface area contributed by atoms with Crippen molar-refractivity contribution in [3.63, 3.8) is 0 Å². The molecule has 1 nitrogen and oxygen atoms in total. The zero-order valence-corrected chi connectivity index (χ0v) is 7.64. The van der Waals surface area contributed by atoms with Crippen LogP contribution in [0, 0.1) is 11.8 Å². The number of rotatable bonds is 1. The molecule has 1 rings (SSSR count). The summed E-state index contributed by atoms with van der Waals surface area (Å²) in [5.41, 5.74) is 6.30. The van der Waals surface area contributed by atoms with E-state index in [0.29, 0.717) is 6.54 Å². The summed E-state index contributed by atoms with van der Waals surface area (Å²) in [4.78, 5) is 0.939. The van der Waals surface area contributed by atoms with Crippen molar-refractivity contribution in [2.75, 3.05) is 6.54 Å². The number of benzene rings is 1. The van der Waals surface area contributed by atoms with Gasteiger partial charge in [-0.2, -0.15) is 0 Å². The minimum absolute atomic E-state index is 0.619. The number of nitrogens with two attached hydrogens (primary N) is 1. The first-order valence-corrected chi connectivity index (χ1v) is 4.25. The molecular weight excluding hydrogens is 166 g/mol. The fourth-order valence-corrected chi connectivity index (χ4v) is 1.05. The van der Waals surface area contributed by atoms with Crippen LogP contribution in [0.4, 0.5) is 0 Å². The summed E-state index contributed by atoms with van der Waals surface area (Å²) in [7, 11) is 0. The van der Waals surface area contributed by atoms with Gasteiger partial charge in [0.15, 0.2) is 0 Å². The molecule has 0 heterocycles. The average molecular weight is 177 g/mol. The standard InChI is InChI=1S/C10H11NS/c11-7-2-1-4-9-5-3-6-10(12)8-9/h3,5-6,8,12H,2,7,11H2. The van der Waals surface area contributed by atoms with E-state index in [0.717, 1.165) is 16.9 Å². The lowest BCUT2D eigenvalue weighted by atomic mass is 10.2. The molecule has 12 heavy (non-hydrogen) atoms. The fourth-order valence-electron chi connectivity index (χ4n) is 0.820. The fraction of sp³-hybridized carbons (Fsp3) is 0.200. The minimum atomic E-state index is 0.619. The summed E-state index contributed by atoms with van der Waals surface area (Å²) in [5.74, 6) is 5.98. The molecule has 1 aromatic carbocycles. The summed E-state index contributed by atoms with van der Waals surface area (Å²) in [6, 6.07) is 7.77. The Hall–Kier alpha value is -0.910. The van der Waals surface area contributed by atoms with Crippen LogP contribution in [-0.2, 0) is 0 Å². The third-order valence-electron chi connectivity index (χ3n) is 1.35. The molecule has 0 radical (unpaired) electrons. The predicted octanol–water partition coefficient (Wildman–Crippen LogP) is 1.68. The van der Waals surface area contributed by atoms with Crippen LogP contribution in [0.2, 0.25) is 0 Å².